The molecule has 0 atom stereocenters. The summed E-state index contributed by atoms with van der Waals surface area (Å²) >= 11 is 0. The van der Waals surface area contributed by atoms with Crippen molar-refractivity contribution in [1.82, 2.24) is 15.8 Å². The smallest absolute Gasteiger partial charge is 0.349 e. The van der Waals surface area contributed by atoms with E-state index in [0.29, 0.717) is 25.2 Å². The van der Waals surface area contributed by atoms with Gasteiger partial charge in [-0.2, -0.15) is 0 Å². The average molecular weight is 484 g/mol. The maximum Gasteiger partial charge on any atom is 0.349 e. The normalized spacial score (nSPS) is 10.9. The predicted molar refractivity (Wildman–Crippen MR) is 135 cm³/mol. The Balaban J connectivity index is 1.86. The number of hydrazine groups is 1. The van der Waals surface area contributed by atoms with Gasteiger partial charge in [-0.3, -0.25) is 10.2 Å². The SMILES string of the molecule is CCOC(=O)C(C)(C)Oc1ccc(CCCC(=O)NN(Cc2ccc(C)c(C)c2)C(=O)NC)cc1. The van der Waals surface area contributed by atoms with Gasteiger partial charge >= 0.3 is 12.0 Å². The maximum atomic E-state index is 12.5. The fraction of sp³-hybridized carbons (Fsp3) is 0.444. The first kappa shape index (κ1) is 27.7. The van der Waals surface area contributed by atoms with Gasteiger partial charge in [0.05, 0.1) is 13.2 Å². The lowest BCUT2D eigenvalue weighted by Crippen LogP contribution is -2.49. The zero-order valence-corrected chi connectivity index (χ0v) is 21.6. The molecule has 0 radical (unpaired) electrons. The molecule has 0 unspecified atom stereocenters. The number of carbonyl (C=O) groups excluding carboxylic acids is 3. The molecular formula is C27H37N3O5. The maximum absolute atomic E-state index is 12.5. The zero-order chi connectivity index (χ0) is 26.0. The molecule has 0 aliphatic heterocycles. The van der Waals surface area contributed by atoms with Crippen LogP contribution in [0, 0.1) is 13.8 Å². The number of carbonyl (C=O) groups is 3. The summed E-state index contributed by atoms with van der Waals surface area (Å²) in [5, 5.41) is 3.86. The summed E-state index contributed by atoms with van der Waals surface area (Å²) in [5.41, 5.74) is 5.91. The van der Waals surface area contributed by atoms with Crippen LogP contribution in [0.15, 0.2) is 42.5 Å². The molecule has 8 nitrogen and oxygen atoms in total. The number of aryl methyl sites for hydroxylation is 3. The molecule has 35 heavy (non-hydrogen) atoms. The topological polar surface area (TPSA) is 97.0 Å². The lowest BCUT2D eigenvalue weighted by Gasteiger charge is -2.24. The first-order chi connectivity index (χ1) is 16.6. The highest BCUT2D eigenvalue weighted by Gasteiger charge is 2.31. The number of rotatable bonds is 10. The third-order valence-electron chi connectivity index (χ3n) is 5.56. The van der Waals surface area contributed by atoms with E-state index < -0.39 is 11.6 Å². The largest absolute Gasteiger partial charge is 0.476 e. The number of esters is 1. The number of nitrogens with zero attached hydrogens (tertiary/aromatic N) is 1. The standard InChI is InChI=1S/C27H37N3O5/c1-7-34-25(32)27(4,5)35-23-15-13-21(14-16-23)9-8-10-24(31)29-30(26(33)28-6)18-22-12-11-19(2)20(3)17-22/h11-17H,7-10,18H2,1-6H3,(H,28,33)(H,29,31). The van der Waals surface area contributed by atoms with Crippen LogP contribution in [-0.4, -0.2) is 42.2 Å². The molecule has 0 saturated carbocycles. The number of hydrogen-bond acceptors (Lipinski definition) is 5. The summed E-state index contributed by atoms with van der Waals surface area (Å²) in [5.74, 6) is -0.0796. The van der Waals surface area contributed by atoms with Crippen molar-refractivity contribution < 1.29 is 23.9 Å². The van der Waals surface area contributed by atoms with Crippen LogP contribution >= 0.6 is 0 Å². The summed E-state index contributed by atoms with van der Waals surface area (Å²) in [6.07, 6.45) is 1.58. The third-order valence-corrected chi connectivity index (χ3v) is 5.56. The van der Waals surface area contributed by atoms with Gasteiger partial charge in [-0.15, -0.1) is 0 Å². The highest BCUT2D eigenvalue weighted by atomic mass is 16.6. The lowest BCUT2D eigenvalue weighted by molar-refractivity contribution is -0.158. The van der Waals surface area contributed by atoms with Gasteiger partial charge in [0.1, 0.15) is 5.75 Å². The molecule has 0 bridgehead atoms. The van der Waals surface area contributed by atoms with Gasteiger partial charge in [0, 0.05) is 13.5 Å². The van der Waals surface area contributed by atoms with E-state index in [4.69, 9.17) is 9.47 Å². The minimum atomic E-state index is -1.08. The van der Waals surface area contributed by atoms with E-state index in [1.54, 1.807) is 32.9 Å². The molecule has 0 heterocycles. The van der Waals surface area contributed by atoms with E-state index >= 15 is 0 Å². The van der Waals surface area contributed by atoms with Crippen molar-refractivity contribution in [3.8, 4) is 5.75 Å². The number of nitrogens with one attached hydrogen (secondary N) is 2. The highest BCUT2D eigenvalue weighted by Crippen LogP contribution is 2.21. The van der Waals surface area contributed by atoms with E-state index in [2.05, 4.69) is 10.7 Å². The first-order valence-corrected chi connectivity index (χ1v) is 11.9. The van der Waals surface area contributed by atoms with Crippen LogP contribution in [0.4, 0.5) is 4.79 Å². The number of amides is 3. The Hall–Kier alpha value is -3.55. The quantitative estimate of drug-likeness (QED) is 0.390. The second-order valence-corrected chi connectivity index (χ2v) is 8.93. The molecule has 3 amide bonds. The van der Waals surface area contributed by atoms with Crippen molar-refractivity contribution in [1.29, 1.82) is 0 Å². The second kappa shape index (κ2) is 12.8. The van der Waals surface area contributed by atoms with Gasteiger partial charge in [-0.1, -0.05) is 30.3 Å². The summed E-state index contributed by atoms with van der Waals surface area (Å²) in [4.78, 5) is 36.8. The number of hydrogen-bond donors (Lipinski definition) is 2. The van der Waals surface area contributed by atoms with Gasteiger partial charge in [0.2, 0.25) is 5.91 Å². The van der Waals surface area contributed by atoms with Crippen molar-refractivity contribution >= 4 is 17.9 Å². The Morgan fingerprint density at radius 3 is 2.23 bits per heavy atom. The molecule has 2 aromatic carbocycles. The Morgan fingerprint density at radius 2 is 1.63 bits per heavy atom. The van der Waals surface area contributed by atoms with E-state index in [0.717, 1.165) is 16.7 Å². The zero-order valence-electron chi connectivity index (χ0n) is 21.6. The van der Waals surface area contributed by atoms with Crippen LogP contribution < -0.4 is 15.5 Å². The molecule has 0 aliphatic rings. The average Bonchev–Trinajstić information content (AvgIpc) is 2.81. The minimum absolute atomic E-state index is 0.228. The van der Waals surface area contributed by atoms with Gasteiger partial charge in [-0.25, -0.2) is 14.6 Å². The van der Waals surface area contributed by atoms with Crippen LogP contribution in [0.2, 0.25) is 0 Å². The summed E-state index contributed by atoms with van der Waals surface area (Å²) in [6, 6.07) is 13.0. The minimum Gasteiger partial charge on any atom is -0.476 e. The number of benzene rings is 2. The van der Waals surface area contributed by atoms with Crippen molar-refractivity contribution in [3.63, 3.8) is 0 Å². The molecule has 0 aliphatic carbocycles. The van der Waals surface area contributed by atoms with E-state index in [9.17, 15) is 14.4 Å². The van der Waals surface area contributed by atoms with Crippen molar-refractivity contribution in [2.24, 2.45) is 0 Å². The van der Waals surface area contributed by atoms with Crippen LogP contribution in [-0.2, 0) is 27.3 Å². The molecule has 190 valence electrons. The van der Waals surface area contributed by atoms with E-state index in [-0.39, 0.29) is 24.9 Å². The fourth-order valence-corrected chi connectivity index (χ4v) is 3.41. The van der Waals surface area contributed by atoms with Gasteiger partial charge in [0.25, 0.3) is 0 Å². The summed E-state index contributed by atoms with van der Waals surface area (Å²) < 4.78 is 10.8. The molecular weight excluding hydrogens is 446 g/mol. The molecule has 2 N–H and O–H groups in total. The van der Waals surface area contributed by atoms with E-state index in [1.165, 1.54) is 17.6 Å². The summed E-state index contributed by atoms with van der Waals surface area (Å²) in [6.45, 7) is 9.70. The fourth-order valence-electron chi connectivity index (χ4n) is 3.41. The van der Waals surface area contributed by atoms with Gasteiger partial charge < -0.3 is 14.8 Å². The molecule has 0 aromatic heterocycles. The Bertz CT molecular complexity index is 1020. The van der Waals surface area contributed by atoms with Crippen LogP contribution in [0.25, 0.3) is 0 Å². The van der Waals surface area contributed by atoms with Crippen molar-refractivity contribution in [2.45, 2.75) is 66.0 Å². The van der Waals surface area contributed by atoms with Crippen molar-refractivity contribution in [2.75, 3.05) is 13.7 Å². The van der Waals surface area contributed by atoms with E-state index in [1.807, 2.05) is 44.2 Å². The van der Waals surface area contributed by atoms with Crippen molar-refractivity contribution in [3.05, 3.63) is 64.7 Å². The highest BCUT2D eigenvalue weighted by molar-refractivity contribution is 5.81. The monoisotopic (exact) mass is 483 g/mol. The Labute approximate surface area is 208 Å². The lowest BCUT2D eigenvalue weighted by atomic mass is 10.1. The van der Waals surface area contributed by atoms with Crippen LogP contribution in [0.3, 0.4) is 0 Å². The molecule has 2 rings (SSSR count). The van der Waals surface area contributed by atoms with Gasteiger partial charge in [0.15, 0.2) is 5.60 Å². The van der Waals surface area contributed by atoms with Crippen LogP contribution in [0.5, 0.6) is 5.75 Å². The molecule has 0 spiro atoms. The Kier molecular flexibility index (Phi) is 10.1. The first-order valence-electron chi connectivity index (χ1n) is 11.9. The number of ether oxygens (including phenoxy) is 2. The third kappa shape index (κ3) is 8.63. The predicted octanol–water partition coefficient (Wildman–Crippen LogP) is 4.22. The second-order valence-electron chi connectivity index (χ2n) is 8.93. The van der Waals surface area contributed by atoms with Gasteiger partial charge in [-0.05, 0) is 81.8 Å². The summed E-state index contributed by atoms with van der Waals surface area (Å²) in [7, 11) is 1.53. The molecule has 0 fully saturated rings. The molecule has 2 aromatic rings. The Morgan fingerprint density at radius 1 is 0.971 bits per heavy atom. The molecule has 8 heteroatoms. The number of urea groups is 1. The molecule has 0 saturated heterocycles. The van der Waals surface area contributed by atoms with Crippen LogP contribution in [0.1, 0.15) is 55.9 Å².